The second-order valence-corrected chi connectivity index (χ2v) is 13.5. The van der Waals surface area contributed by atoms with E-state index in [9.17, 15) is 0 Å². The predicted molar refractivity (Wildman–Crippen MR) is 152 cm³/mol. The van der Waals surface area contributed by atoms with Crippen molar-refractivity contribution in [3.63, 3.8) is 0 Å². The van der Waals surface area contributed by atoms with Gasteiger partial charge in [0.2, 0.25) is 5.69 Å². The predicted octanol–water partition coefficient (Wildman–Crippen LogP) is 8.01. The van der Waals surface area contributed by atoms with Crippen LogP contribution >= 0.6 is 0 Å². The first kappa shape index (κ1) is 29.9. The third kappa shape index (κ3) is 5.84. The molecule has 38 heavy (non-hydrogen) atoms. The molecular weight excluding hydrogens is 478 g/mol. The minimum Gasteiger partial charge on any atom is -0.233 e. The topological polar surface area (TPSA) is 34.6 Å². The second kappa shape index (κ2) is 10.5. The Balaban J connectivity index is 2.31. The zero-order valence-electron chi connectivity index (χ0n) is 25.6. The Hall–Kier alpha value is -2.63. The standard InChI is InChI=1S/C32H47F2N4/c1-13-14-15-16-32(9,10)25-19-24(30(3,4)5)35-29(36-25)21-17-22(20(2)23(33)18-21)27-26(31(6,7)8)28(34)38(12)37(27)11/h17-19H,13-16H2,1-12H3/q+1. The minimum absolute atomic E-state index is 0.146. The van der Waals surface area contributed by atoms with Gasteiger partial charge >= 0.3 is 0 Å². The van der Waals surface area contributed by atoms with Gasteiger partial charge in [0, 0.05) is 16.4 Å². The number of hydrogen-bond donors (Lipinski definition) is 0. The maximum Gasteiger partial charge on any atom is 0.256 e. The van der Waals surface area contributed by atoms with Crippen LogP contribution in [-0.2, 0) is 30.3 Å². The van der Waals surface area contributed by atoms with Gasteiger partial charge in [-0.25, -0.2) is 14.4 Å². The Morgan fingerprint density at radius 2 is 1.47 bits per heavy atom. The van der Waals surface area contributed by atoms with Gasteiger partial charge in [-0.3, -0.25) is 0 Å². The monoisotopic (exact) mass is 525 g/mol. The molecule has 3 rings (SSSR count). The van der Waals surface area contributed by atoms with Gasteiger partial charge in [-0.15, -0.1) is 9.36 Å². The third-order valence-electron chi connectivity index (χ3n) is 7.70. The smallest absolute Gasteiger partial charge is 0.233 e. The highest BCUT2D eigenvalue weighted by atomic mass is 19.1. The van der Waals surface area contributed by atoms with E-state index in [1.807, 2.05) is 33.9 Å². The summed E-state index contributed by atoms with van der Waals surface area (Å²) in [6.07, 6.45) is 4.49. The van der Waals surface area contributed by atoms with Crippen LogP contribution < -0.4 is 4.68 Å². The van der Waals surface area contributed by atoms with Crippen molar-refractivity contribution in [1.29, 1.82) is 0 Å². The number of halogens is 2. The summed E-state index contributed by atoms with van der Waals surface area (Å²) in [5.74, 6) is -0.162. The maximum absolute atomic E-state index is 15.6. The molecule has 4 nitrogen and oxygen atoms in total. The molecule has 0 unspecified atom stereocenters. The van der Waals surface area contributed by atoms with Crippen molar-refractivity contribution in [2.45, 2.75) is 111 Å². The van der Waals surface area contributed by atoms with Crippen LogP contribution in [0.5, 0.6) is 0 Å². The van der Waals surface area contributed by atoms with Crippen molar-refractivity contribution in [3.05, 3.63) is 52.5 Å². The largest absolute Gasteiger partial charge is 0.256 e. The van der Waals surface area contributed by atoms with Crippen LogP contribution in [0, 0.1) is 18.7 Å². The molecule has 208 valence electrons. The lowest BCUT2D eigenvalue weighted by Gasteiger charge is -2.27. The van der Waals surface area contributed by atoms with Gasteiger partial charge < -0.3 is 0 Å². The van der Waals surface area contributed by atoms with Gasteiger partial charge in [-0.2, -0.15) is 4.39 Å². The van der Waals surface area contributed by atoms with E-state index in [4.69, 9.17) is 9.97 Å². The molecule has 0 fully saturated rings. The third-order valence-corrected chi connectivity index (χ3v) is 7.70. The van der Waals surface area contributed by atoms with Crippen LogP contribution in [0.3, 0.4) is 0 Å². The Morgan fingerprint density at radius 1 is 0.868 bits per heavy atom. The van der Waals surface area contributed by atoms with Crippen LogP contribution in [0.1, 0.15) is 111 Å². The lowest BCUT2D eigenvalue weighted by atomic mass is 9.81. The number of benzene rings is 1. The van der Waals surface area contributed by atoms with E-state index in [-0.39, 0.29) is 22.6 Å². The number of aromatic nitrogens is 4. The van der Waals surface area contributed by atoms with E-state index >= 15 is 8.78 Å². The average Bonchev–Trinajstić information content (AvgIpc) is 3.04. The summed E-state index contributed by atoms with van der Waals surface area (Å²) in [4.78, 5) is 9.97. The van der Waals surface area contributed by atoms with Gasteiger partial charge in [0.25, 0.3) is 5.95 Å². The van der Waals surface area contributed by atoms with Gasteiger partial charge in [0.15, 0.2) is 12.9 Å². The molecule has 0 saturated carbocycles. The maximum atomic E-state index is 15.6. The van der Waals surface area contributed by atoms with E-state index in [0.717, 1.165) is 30.7 Å². The minimum atomic E-state index is -0.476. The van der Waals surface area contributed by atoms with Crippen LogP contribution in [0.4, 0.5) is 8.78 Å². The zero-order chi connectivity index (χ0) is 28.8. The molecular formula is C32H47F2N4+. The zero-order valence-corrected chi connectivity index (χ0v) is 25.6. The summed E-state index contributed by atoms with van der Waals surface area (Å²) in [6, 6.07) is 5.56. The SMILES string of the molecule is CCCCCC(C)(C)c1cc(C(C)(C)C)nc(-c2cc(F)c(C)c(-c3c(C(C)(C)C)c(F)n(C)[n+]3C)c2)n1. The summed E-state index contributed by atoms with van der Waals surface area (Å²) >= 11 is 0. The summed E-state index contributed by atoms with van der Waals surface area (Å²) in [7, 11) is 3.50. The average molecular weight is 526 g/mol. The van der Waals surface area contributed by atoms with Crippen molar-refractivity contribution in [2.24, 2.45) is 14.1 Å². The van der Waals surface area contributed by atoms with Crippen molar-refractivity contribution in [2.75, 3.05) is 0 Å². The van der Waals surface area contributed by atoms with E-state index in [2.05, 4.69) is 47.6 Å². The highest BCUT2D eigenvalue weighted by molar-refractivity contribution is 5.72. The first-order valence-corrected chi connectivity index (χ1v) is 13.9. The number of unbranched alkanes of at least 4 members (excludes halogenated alkanes) is 2. The van der Waals surface area contributed by atoms with Gasteiger partial charge in [0.1, 0.15) is 5.82 Å². The number of rotatable bonds is 7. The molecule has 2 heterocycles. The second-order valence-electron chi connectivity index (χ2n) is 13.5. The van der Waals surface area contributed by atoms with Crippen molar-refractivity contribution >= 4 is 0 Å². The molecule has 0 N–H and O–H groups in total. The Labute approximate surface area is 228 Å². The Bertz CT molecular complexity index is 1320. The van der Waals surface area contributed by atoms with Crippen LogP contribution in [0.15, 0.2) is 18.2 Å². The fraction of sp³-hybridized carbons (Fsp3) is 0.594. The van der Waals surface area contributed by atoms with Crippen molar-refractivity contribution in [1.82, 2.24) is 14.6 Å². The van der Waals surface area contributed by atoms with Crippen LogP contribution in [-0.4, -0.2) is 14.6 Å². The van der Waals surface area contributed by atoms with E-state index in [1.165, 1.54) is 17.2 Å². The number of hydrogen-bond acceptors (Lipinski definition) is 2. The van der Waals surface area contributed by atoms with Gasteiger partial charge in [0.05, 0.1) is 29.6 Å². The van der Waals surface area contributed by atoms with Gasteiger partial charge in [-0.05, 0) is 42.5 Å². The van der Waals surface area contributed by atoms with E-state index < -0.39 is 5.41 Å². The molecule has 0 bridgehead atoms. The molecule has 1 aromatic carbocycles. The molecule has 0 aliphatic rings. The highest BCUT2D eigenvalue weighted by Gasteiger charge is 2.37. The fourth-order valence-electron chi connectivity index (χ4n) is 4.98. The van der Waals surface area contributed by atoms with Crippen LogP contribution in [0.2, 0.25) is 0 Å². The lowest BCUT2D eigenvalue weighted by molar-refractivity contribution is -0.743. The fourth-order valence-corrected chi connectivity index (χ4v) is 4.98. The summed E-state index contributed by atoms with van der Waals surface area (Å²) in [5, 5.41) is 0. The van der Waals surface area contributed by atoms with E-state index in [0.29, 0.717) is 33.8 Å². The Morgan fingerprint density at radius 3 is 2.03 bits per heavy atom. The highest BCUT2D eigenvalue weighted by Crippen LogP contribution is 2.38. The van der Waals surface area contributed by atoms with Crippen molar-refractivity contribution in [3.8, 4) is 22.6 Å². The van der Waals surface area contributed by atoms with Crippen molar-refractivity contribution < 1.29 is 13.5 Å². The molecule has 0 saturated heterocycles. The van der Waals surface area contributed by atoms with Gasteiger partial charge in [-0.1, -0.05) is 81.6 Å². The molecule has 2 aromatic heterocycles. The summed E-state index contributed by atoms with van der Waals surface area (Å²) in [5.41, 5.74) is 4.03. The quantitative estimate of drug-likeness (QED) is 0.231. The molecule has 0 aliphatic carbocycles. The Kier molecular flexibility index (Phi) is 8.27. The number of nitrogens with zero attached hydrogens (tertiary/aromatic N) is 4. The molecule has 0 amide bonds. The van der Waals surface area contributed by atoms with E-state index in [1.54, 1.807) is 18.7 Å². The molecule has 3 aromatic rings. The molecule has 6 heteroatoms. The summed E-state index contributed by atoms with van der Waals surface area (Å²) < 4.78 is 34.3. The summed E-state index contributed by atoms with van der Waals surface area (Å²) in [6.45, 7) is 20.8. The molecule has 0 radical (unpaired) electrons. The molecule has 0 aliphatic heterocycles. The lowest BCUT2D eigenvalue weighted by Crippen LogP contribution is -2.40. The molecule has 0 atom stereocenters. The van der Waals surface area contributed by atoms with Crippen LogP contribution in [0.25, 0.3) is 22.6 Å². The first-order valence-electron chi connectivity index (χ1n) is 13.9. The normalized spacial score (nSPS) is 12.9. The first-order chi connectivity index (χ1) is 17.4. The molecule has 0 spiro atoms.